The molecule has 22 heavy (non-hydrogen) atoms. The molecule has 122 valence electrons. The highest BCUT2D eigenvalue weighted by Crippen LogP contribution is 2.43. The van der Waals surface area contributed by atoms with Gasteiger partial charge in [0.15, 0.2) is 0 Å². The molecule has 0 aromatic heterocycles. The summed E-state index contributed by atoms with van der Waals surface area (Å²) in [5.74, 6) is -1.13. The minimum Gasteiger partial charge on any atom is -0.480 e. The van der Waals surface area contributed by atoms with Gasteiger partial charge in [-0.1, -0.05) is 26.8 Å². The van der Waals surface area contributed by atoms with Gasteiger partial charge in [0.25, 0.3) is 0 Å². The van der Waals surface area contributed by atoms with Gasteiger partial charge >= 0.3 is 5.97 Å². The Morgan fingerprint density at radius 2 is 2.05 bits per heavy atom. The smallest absolute Gasteiger partial charge is 0.326 e. The third-order valence-electron chi connectivity index (χ3n) is 4.98. The van der Waals surface area contributed by atoms with Gasteiger partial charge in [0.2, 0.25) is 5.91 Å². The van der Waals surface area contributed by atoms with Gasteiger partial charge in [-0.05, 0) is 37.0 Å². The first kappa shape index (κ1) is 16.7. The number of carbonyl (C=O) groups is 3. The number of rotatable bonds is 5. The van der Waals surface area contributed by atoms with Crippen LogP contribution in [-0.4, -0.2) is 28.8 Å². The molecule has 2 aliphatic rings. The van der Waals surface area contributed by atoms with E-state index >= 15 is 0 Å². The molecule has 0 aromatic carbocycles. The van der Waals surface area contributed by atoms with Crippen molar-refractivity contribution in [2.24, 2.45) is 23.7 Å². The number of nitrogens with one attached hydrogen (secondary N) is 1. The Balaban J connectivity index is 2.21. The van der Waals surface area contributed by atoms with Gasteiger partial charge in [-0.15, -0.1) is 0 Å². The molecule has 0 bridgehead atoms. The summed E-state index contributed by atoms with van der Waals surface area (Å²) in [6, 6.07) is -0.897. The van der Waals surface area contributed by atoms with Gasteiger partial charge in [-0.3, -0.25) is 9.59 Å². The third-order valence-corrected chi connectivity index (χ3v) is 4.98. The fraction of sp³-hybridized carbons (Fsp3) is 0.706. The van der Waals surface area contributed by atoms with Crippen LogP contribution in [0.1, 0.15) is 46.5 Å². The maximum Gasteiger partial charge on any atom is 0.326 e. The number of carboxylic acids is 1. The first-order chi connectivity index (χ1) is 10.3. The second-order valence-corrected chi connectivity index (χ2v) is 6.78. The molecule has 0 aliphatic heterocycles. The van der Waals surface area contributed by atoms with Gasteiger partial charge in [0, 0.05) is 17.9 Å². The summed E-state index contributed by atoms with van der Waals surface area (Å²) in [6.07, 6.45) is 4.92. The fourth-order valence-corrected chi connectivity index (χ4v) is 3.62. The van der Waals surface area contributed by atoms with Crippen LogP contribution in [0, 0.1) is 23.7 Å². The standard InChI is InChI=1S/C17H25NO4/c1-4-10-7-12-11(5-6-14(12)19)13(8-10)16(20)18-15(9(2)3)17(21)22/h8-12,15H,4-7H2,1-3H3,(H,18,20)(H,21,22)/t10-,11+,12+,15-/m1/s1. The summed E-state index contributed by atoms with van der Waals surface area (Å²) in [4.78, 5) is 35.9. The van der Waals surface area contributed by atoms with Crippen molar-refractivity contribution in [2.45, 2.75) is 52.5 Å². The first-order valence-corrected chi connectivity index (χ1v) is 8.13. The Morgan fingerprint density at radius 1 is 1.36 bits per heavy atom. The van der Waals surface area contributed by atoms with Crippen LogP contribution in [0.5, 0.6) is 0 Å². The highest BCUT2D eigenvalue weighted by molar-refractivity contribution is 5.98. The lowest BCUT2D eigenvalue weighted by atomic mass is 9.74. The van der Waals surface area contributed by atoms with Gasteiger partial charge in [0.1, 0.15) is 11.8 Å². The zero-order valence-electron chi connectivity index (χ0n) is 13.5. The molecule has 1 amide bonds. The molecule has 2 aliphatic carbocycles. The molecule has 0 unspecified atom stereocenters. The number of carboxylic acid groups (broad SMARTS) is 1. The van der Waals surface area contributed by atoms with Crippen molar-refractivity contribution in [3.63, 3.8) is 0 Å². The topological polar surface area (TPSA) is 83.5 Å². The van der Waals surface area contributed by atoms with Crippen LogP contribution in [0.2, 0.25) is 0 Å². The number of carbonyl (C=O) groups excluding carboxylic acids is 2. The molecular formula is C17H25NO4. The molecule has 0 heterocycles. The van der Waals surface area contributed by atoms with Gasteiger partial charge in [-0.2, -0.15) is 0 Å². The number of aliphatic carboxylic acids is 1. The first-order valence-electron chi connectivity index (χ1n) is 8.13. The SMILES string of the molecule is CC[C@H]1C=C(C(=O)N[C@@H](C(=O)O)C(C)C)[C@H]2CCC(=O)[C@H]2C1. The summed E-state index contributed by atoms with van der Waals surface area (Å²) in [5, 5.41) is 11.9. The zero-order chi connectivity index (χ0) is 16.4. The predicted molar refractivity (Wildman–Crippen MR) is 82.1 cm³/mol. The van der Waals surface area contributed by atoms with E-state index in [0.717, 1.165) is 12.8 Å². The summed E-state index contributed by atoms with van der Waals surface area (Å²) < 4.78 is 0. The lowest BCUT2D eigenvalue weighted by Gasteiger charge is -2.30. The second kappa shape index (κ2) is 6.63. The maximum atomic E-state index is 12.6. The molecule has 1 saturated carbocycles. The molecule has 2 N–H and O–H groups in total. The molecule has 5 heteroatoms. The van der Waals surface area contributed by atoms with Crippen molar-refractivity contribution >= 4 is 17.7 Å². The number of ketones is 1. The van der Waals surface area contributed by atoms with Crippen LogP contribution < -0.4 is 5.32 Å². The molecule has 5 nitrogen and oxygen atoms in total. The summed E-state index contributed by atoms with van der Waals surface area (Å²) >= 11 is 0. The molecule has 0 aromatic rings. The Morgan fingerprint density at radius 3 is 2.59 bits per heavy atom. The third kappa shape index (κ3) is 3.23. The van der Waals surface area contributed by atoms with E-state index in [-0.39, 0.29) is 35.4 Å². The zero-order valence-corrected chi connectivity index (χ0v) is 13.5. The van der Waals surface area contributed by atoms with E-state index in [1.165, 1.54) is 0 Å². The van der Waals surface area contributed by atoms with E-state index in [0.29, 0.717) is 18.4 Å². The van der Waals surface area contributed by atoms with Crippen LogP contribution in [-0.2, 0) is 14.4 Å². The van der Waals surface area contributed by atoms with Crippen molar-refractivity contribution in [2.75, 3.05) is 0 Å². The second-order valence-electron chi connectivity index (χ2n) is 6.78. The molecule has 0 spiro atoms. The van der Waals surface area contributed by atoms with Crippen molar-refractivity contribution < 1.29 is 19.5 Å². The molecule has 0 saturated heterocycles. The summed E-state index contributed by atoms with van der Waals surface area (Å²) in [6.45, 7) is 5.58. The van der Waals surface area contributed by atoms with Crippen molar-refractivity contribution in [3.8, 4) is 0 Å². The number of hydrogen-bond acceptors (Lipinski definition) is 3. The van der Waals surface area contributed by atoms with E-state index in [1.54, 1.807) is 13.8 Å². The van der Waals surface area contributed by atoms with Crippen molar-refractivity contribution in [3.05, 3.63) is 11.6 Å². The van der Waals surface area contributed by atoms with E-state index in [1.807, 2.05) is 13.0 Å². The number of allylic oxidation sites excluding steroid dienone is 1. The van der Waals surface area contributed by atoms with Crippen molar-refractivity contribution in [1.29, 1.82) is 0 Å². The Labute approximate surface area is 131 Å². The molecular weight excluding hydrogens is 282 g/mol. The predicted octanol–water partition coefficient (Wildman–Crippen LogP) is 2.16. The van der Waals surface area contributed by atoms with Crippen LogP contribution in [0.25, 0.3) is 0 Å². The van der Waals surface area contributed by atoms with Gasteiger partial charge in [-0.25, -0.2) is 4.79 Å². The Hall–Kier alpha value is -1.65. The number of hydrogen-bond donors (Lipinski definition) is 2. The number of amides is 1. The summed E-state index contributed by atoms with van der Waals surface area (Å²) in [5.41, 5.74) is 0.626. The highest BCUT2D eigenvalue weighted by Gasteiger charge is 2.43. The van der Waals surface area contributed by atoms with Gasteiger partial charge < -0.3 is 10.4 Å². The average Bonchev–Trinajstić information content (AvgIpc) is 2.84. The fourth-order valence-electron chi connectivity index (χ4n) is 3.62. The van der Waals surface area contributed by atoms with E-state index < -0.39 is 12.0 Å². The Kier molecular flexibility index (Phi) is 5.04. The summed E-state index contributed by atoms with van der Waals surface area (Å²) in [7, 11) is 0. The number of fused-ring (bicyclic) bond motifs is 1. The Bertz CT molecular complexity index is 509. The van der Waals surface area contributed by atoms with Crippen LogP contribution in [0.3, 0.4) is 0 Å². The van der Waals surface area contributed by atoms with E-state index in [4.69, 9.17) is 0 Å². The number of Topliss-reactive ketones (excluding diaryl/α,β-unsaturated/α-hetero) is 1. The molecule has 0 radical (unpaired) electrons. The van der Waals surface area contributed by atoms with Crippen LogP contribution in [0.4, 0.5) is 0 Å². The largest absolute Gasteiger partial charge is 0.480 e. The lowest BCUT2D eigenvalue weighted by molar-refractivity contribution is -0.142. The van der Waals surface area contributed by atoms with Crippen LogP contribution in [0.15, 0.2) is 11.6 Å². The minimum absolute atomic E-state index is 0.0306. The average molecular weight is 307 g/mol. The highest BCUT2D eigenvalue weighted by atomic mass is 16.4. The molecule has 2 rings (SSSR count). The minimum atomic E-state index is -1.02. The normalized spacial score (nSPS) is 29.0. The monoisotopic (exact) mass is 307 g/mol. The van der Waals surface area contributed by atoms with E-state index in [2.05, 4.69) is 5.32 Å². The lowest BCUT2D eigenvalue weighted by Crippen LogP contribution is -2.46. The quantitative estimate of drug-likeness (QED) is 0.815. The molecule has 1 fully saturated rings. The van der Waals surface area contributed by atoms with E-state index in [9.17, 15) is 19.5 Å². The van der Waals surface area contributed by atoms with Gasteiger partial charge in [0.05, 0.1) is 0 Å². The van der Waals surface area contributed by atoms with Crippen LogP contribution >= 0.6 is 0 Å². The van der Waals surface area contributed by atoms with Crippen molar-refractivity contribution in [1.82, 2.24) is 5.32 Å². The maximum absolute atomic E-state index is 12.6. The molecule has 4 atom stereocenters.